The lowest BCUT2D eigenvalue weighted by atomic mass is 10.1. The number of fused-ring (bicyclic) bond motifs is 1. The van der Waals surface area contributed by atoms with E-state index in [0.717, 1.165) is 44.1 Å². The second-order valence-electron chi connectivity index (χ2n) is 7.27. The van der Waals surface area contributed by atoms with Crippen LogP contribution in [-0.2, 0) is 0 Å². The summed E-state index contributed by atoms with van der Waals surface area (Å²) in [5, 5.41) is 2.16. The maximum atomic E-state index is 6.37. The van der Waals surface area contributed by atoms with Crippen LogP contribution in [0.2, 0.25) is 0 Å². The fourth-order valence-corrected chi connectivity index (χ4v) is 3.61. The van der Waals surface area contributed by atoms with Gasteiger partial charge in [0, 0.05) is 22.4 Å². The lowest BCUT2D eigenvalue weighted by molar-refractivity contribution is 0.509. The van der Waals surface area contributed by atoms with Gasteiger partial charge < -0.3 is 4.42 Å². The Morgan fingerprint density at radius 1 is 0.581 bits per heavy atom. The summed E-state index contributed by atoms with van der Waals surface area (Å²) >= 11 is 0. The number of benzene rings is 4. The second kappa shape index (κ2) is 8.68. The quantitative estimate of drug-likeness (QED) is 0.347. The first-order chi connectivity index (χ1) is 15.4. The third-order valence-electron chi connectivity index (χ3n) is 5.12. The van der Waals surface area contributed by atoms with E-state index in [1.165, 1.54) is 0 Å². The summed E-state index contributed by atoms with van der Waals surface area (Å²) in [6.07, 6.45) is 4.11. The Morgan fingerprint density at radius 2 is 1.13 bits per heavy atom. The molecule has 0 radical (unpaired) electrons. The van der Waals surface area contributed by atoms with Gasteiger partial charge >= 0.3 is 0 Å². The van der Waals surface area contributed by atoms with Gasteiger partial charge in [0.05, 0.1) is 11.4 Å². The second-order valence-corrected chi connectivity index (χ2v) is 7.27. The topological polar surface area (TPSA) is 25.5 Å². The highest BCUT2D eigenvalue weighted by Crippen LogP contribution is 2.15. The van der Waals surface area contributed by atoms with Crippen LogP contribution in [0.4, 0.5) is 5.69 Å². The van der Waals surface area contributed by atoms with Crippen LogP contribution in [0.1, 0.15) is 11.1 Å². The van der Waals surface area contributed by atoms with Crippen molar-refractivity contribution < 1.29 is 4.42 Å². The normalized spacial score (nSPS) is 13.1. The zero-order valence-corrected chi connectivity index (χ0v) is 17.0. The smallest absolute Gasteiger partial charge is 0.137 e. The van der Waals surface area contributed by atoms with Gasteiger partial charge in [-0.1, -0.05) is 103 Å². The summed E-state index contributed by atoms with van der Waals surface area (Å²) in [4.78, 5) is 4.92. The Hall–Kier alpha value is -4.17. The van der Waals surface area contributed by atoms with Crippen LogP contribution >= 0.6 is 0 Å². The molecule has 2 nitrogen and oxygen atoms in total. The van der Waals surface area contributed by atoms with Gasteiger partial charge in [-0.05, 0) is 23.8 Å². The summed E-state index contributed by atoms with van der Waals surface area (Å²) in [5.41, 5.74) is 5.56. The van der Waals surface area contributed by atoms with Crippen LogP contribution in [0.5, 0.6) is 0 Å². The number of nitrogens with zero attached hydrogens (tertiary/aromatic N) is 1. The predicted molar refractivity (Wildman–Crippen MR) is 129 cm³/mol. The Labute approximate surface area is 181 Å². The van der Waals surface area contributed by atoms with Gasteiger partial charge in [-0.2, -0.15) is 0 Å². The number of hydrogen-bond acceptors (Lipinski definition) is 2. The van der Waals surface area contributed by atoms with Gasteiger partial charge in [0.15, 0.2) is 0 Å². The van der Waals surface area contributed by atoms with Crippen molar-refractivity contribution in [3.05, 3.63) is 137 Å². The molecule has 0 spiro atoms. The Kier molecular flexibility index (Phi) is 5.27. The first kappa shape index (κ1) is 18.8. The van der Waals surface area contributed by atoms with Gasteiger partial charge in [-0.3, -0.25) is 0 Å². The van der Waals surface area contributed by atoms with E-state index >= 15 is 0 Å². The summed E-state index contributed by atoms with van der Waals surface area (Å²) in [6, 6.07) is 38.7. The lowest BCUT2D eigenvalue weighted by Gasteiger charge is -2.02. The SMILES string of the molecule is C(/C(=Nc1ccccc1)c1ccccc1)=c1/o/c(=C\c2ccccc2)c2ccccc12. The third kappa shape index (κ3) is 4.24. The van der Waals surface area contributed by atoms with E-state index in [4.69, 9.17) is 9.41 Å². The molecule has 2 heteroatoms. The van der Waals surface area contributed by atoms with E-state index in [2.05, 4.69) is 42.5 Å². The molecule has 0 aliphatic rings. The molecule has 0 N–H and O–H groups in total. The highest BCUT2D eigenvalue weighted by molar-refractivity contribution is 6.22. The molecule has 5 aromatic rings. The first-order valence-corrected chi connectivity index (χ1v) is 10.3. The molecule has 0 saturated heterocycles. The van der Waals surface area contributed by atoms with E-state index in [1.54, 1.807) is 0 Å². The van der Waals surface area contributed by atoms with Gasteiger partial charge in [0.25, 0.3) is 0 Å². The van der Waals surface area contributed by atoms with Crippen molar-refractivity contribution in [1.29, 1.82) is 0 Å². The summed E-state index contributed by atoms with van der Waals surface area (Å²) < 4.78 is 6.37. The molecule has 0 bridgehead atoms. The molecule has 5 rings (SSSR count). The molecule has 0 aliphatic carbocycles. The summed E-state index contributed by atoms with van der Waals surface area (Å²) in [5.74, 6) is 0. The molecule has 1 aromatic heterocycles. The molecule has 148 valence electrons. The number of rotatable bonds is 4. The molecule has 0 atom stereocenters. The minimum Gasteiger partial charge on any atom is -0.456 e. The van der Waals surface area contributed by atoms with Crippen molar-refractivity contribution >= 4 is 34.3 Å². The predicted octanol–water partition coefficient (Wildman–Crippen LogP) is 5.86. The van der Waals surface area contributed by atoms with Crippen molar-refractivity contribution in [1.82, 2.24) is 0 Å². The molecule has 1 heterocycles. The van der Waals surface area contributed by atoms with Crippen molar-refractivity contribution in [3.8, 4) is 0 Å². The molecule has 4 aromatic carbocycles. The number of furan rings is 1. The zero-order chi connectivity index (χ0) is 20.9. The number of aliphatic imine (C=N–C) groups is 1. The van der Waals surface area contributed by atoms with E-state index < -0.39 is 0 Å². The minimum absolute atomic E-state index is 0.802. The van der Waals surface area contributed by atoms with Crippen molar-refractivity contribution in [2.45, 2.75) is 0 Å². The average Bonchev–Trinajstić information content (AvgIpc) is 3.18. The van der Waals surface area contributed by atoms with Gasteiger partial charge in [0.2, 0.25) is 0 Å². The first-order valence-electron chi connectivity index (χ1n) is 10.3. The van der Waals surface area contributed by atoms with Crippen LogP contribution < -0.4 is 10.8 Å². The summed E-state index contributed by atoms with van der Waals surface area (Å²) in [6.45, 7) is 0. The van der Waals surface area contributed by atoms with Crippen LogP contribution in [0.25, 0.3) is 22.9 Å². The molecular formula is C29H21NO. The van der Waals surface area contributed by atoms with Crippen molar-refractivity contribution in [2.75, 3.05) is 0 Å². The van der Waals surface area contributed by atoms with Crippen molar-refractivity contribution in [3.63, 3.8) is 0 Å². The maximum Gasteiger partial charge on any atom is 0.137 e. The van der Waals surface area contributed by atoms with E-state index in [1.807, 2.05) is 84.9 Å². The lowest BCUT2D eigenvalue weighted by Crippen LogP contribution is -2.06. The van der Waals surface area contributed by atoms with E-state index in [0.29, 0.717) is 0 Å². The van der Waals surface area contributed by atoms with E-state index in [9.17, 15) is 0 Å². The van der Waals surface area contributed by atoms with Crippen molar-refractivity contribution in [2.24, 2.45) is 4.99 Å². The standard InChI is InChI=1S/C29H21NO/c1-4-12-22(13-5-1)20-28-25-18-10-11-19-26(25)29(31-28)21-27(23-14-6-2-7-15-23)30-24-16-8-3-9-17-24/h1-21H/b28-20-,29-21-,30-27?. The highest BCUT2D eigenvalue weighted by atomic mass is 16.3. The van der Waals surface area contributed by atoms with Gasteiger partial charge in [0.1, 0.15) is 10.8 Å². The molecule has 0 aliphatic heterocycles. The third-order valence-corrected chi connectivity index (χ3v) is 5.12. The number of hydrogen-bond donors (Lipinski definition) is 0. The van der Waals surface area contributed by atoms with Crippen LogP contribution in [-0.4, -0.2) is 5.71 Å². The molecule has 31 heavy (non-hydrogen) atoms. The summed E-state index contributed by atoms with van der Waals surface area (Å²) in [7, 11) is 0. The highest BCUT2D eigenvalue weighted by Gasteiger charge is 2.06. The molecule has 0 saturated carbocycles. The Morgan fingerprint density at radius 3 is 1.81 bits per heavy atom. The van der Waals surface area contributed by atoms with Crippen LogP contribution in [0.3, 0.4) is 0 Å². The van der Waals surface area contributed by atoms with Gasteiger partial charge in [-0.15, -0.1) is 0 Å². The Bertz CT molecular complexity index is 1450. The fourth-order valence-electron chi connectivity index (χ4n) is 3.61. The molecule has 0 amide bonds. The van der Waals surface area contributed by atoms with Crippen LogP contribution in [0, 0.1) is 0 Å². The number of para-hydroxylation sites is 1. The fraction of sp³-hybridized carbons (Fsp3) is 0. The molecule has 0 fully saturated rings. The Balaban J connectivity index is 1.74. The largest absolute Gasteiger partial charge is 0.456 e. The van der Waals surface area contributed by atoms with Crippen LogP contribution in [0.15, 0.2) is 125 Å². The zero-order valence-electron chi connectivity index (χ0n) is 17.0. The maximum absolute atomic E-state index is 6.37. The molecule has 0 unspecified atom stereocenters. The molecular weight excluding hydrogens is 378 g/mol. The van der Waals surface area contributed by atoms with Gasteiger partial charge in [-0.25, -0.2) is 4.99 Å². The van der Waals surface area contributed by atoms with E-state index in [-0.39, 0.29) is 0 Å². The average molecular weight is 399 g/mol. The monoisotopic (exact) mass is 399 g/mol. The minimum atomic E-state index is 0.802.